The third-order valence-electron chi connectivity index (χ3n) is 2.83. The predicted octanol–water partition coefficient (Wildman–Crippen LogP) is 2.47. The Kier molecular flexibility index (Phi) is 2.94. The van der Waals surface area contributed by atoms with E-state index in [-0.39, 0.29) is 11.3 Å². The van der Waals surface area contributed by atoms with E-state index in [4.69, 9.17) is 5.73 Å². The second kappa shape index (κ2) is 3.82. The topological polar surface area (TPSA) is 43.1 Å². The number of hydrogen-bond acceptors (Lipinski definition) is 1. The summed E-state index contributed by atoms with van der Waals surface area (Å²) in [4.78, 5) is 10.9. The van der Waals surface area contributed by atoms with E-state index in [0.717, 1.165) is 6.42 Å². The number of nitrogens with two attached hydrogens (primary N) is 1. The second-order valence-electron chi connectivity index (χ2n) is 4.18. The molecule has 0 saturated carbocycles. The van der Waals surface area contributed by atoms with Gasteiger partial charge in [0.15, 0.2) is 0 Å². The van der Waals surface area contributed by atoms with E-state index in [1.165, 1.54) is 5.56 Å². The van der Waals surface area contributed by atoms with Crippen molar-refractivity contribution >= 4 is 5.91 Å². The Morgan fingerprint density at radius 3 is 2.14 bits per heavy atom. The van der Waals surface area contributed by atoms with Crippen LogP contribution in [0.4, 0.5) is 0 Å². The van der Waals surface area contributed by atoms with Gasteiger partial charge < -0.3 is 5.73 Å². The van der Waals surface area contributed by atoms with Crippen molar-refractivity contribution in [3.05, 3.63) is 35.4 Å². The molecule has 0 spiro atoms. The van der Waals surface area contributed by atoms with Crippen LogP contribution < -0.4 is 5.73 Å². The quantitative estimate of drug-likeness (QED) is 0.783. The zero-order valence-corrected chi connectivity index (χ0v) is 9.00. The maximum absolute atomic E-state index is 10.9. The number of benzene rings is 1. The number of carbonyl (C=O) groups is 1. The summed E-state index contributed by atoms with van der Waals surface area (Å²) in [7, 11) is 0. The lowest BCUT2D eigenvalue weighted by molar-refractivity contribution is 0.100. The van der Waals surface area contributed by atoms with Crippen LogP contribution in [-0.2, 0) is 5.41 Å². The lowest BCUT2D eigenvalue weighted by Gasteiger charge is -2.23. The fourth-order valence-corrected chi connectivity index (χ4v) is 1.29. The normalized spacial score (nSPS) is 11.4. The van der Waals surface area contributed by atoms with Gasteiger partial charge in [-0.2, -0.15) is 0 Å². The first kappa shape index (κ1) is 10.8. The van der Waals surface area contributed by atoms with Gasteiger partial charge in [0.25, 0.3) is 0 Å². The number of primary amides is 1. The molecule has 0 atom stereocenters. The molecule has 0 aliphatic rings. The van der Waals surface area contributed by atoms with Crippen molar-refractivity contribution in [3.8, 4) is 0 Å². The van der Waals surface area contributed by atoms with Gasteiger partial charge in [0, 0.05) is 5.56 Å². The summed E-state index contributed by atoms with van der Waals surface area (Å²) in [5.41, 5.74) is 7.14. The number of carbonyl (C=O) groups excluding carboxylic acids is 1. The van der Waals surface area contributed by atoms with Gasteiger partial charge in [-0.1, -0.05) is 32.9 Å². The minimum Gasteiger partial charge on any atom is -0.366 e. The summed E-state index contributed by atoms with van der Waals surface area (Å²) in [6.45, 7) is 6.53. The SMILES string of the molecule is CCC(C)(C)c1ccc(C(N)=O)cc1. The van der Waals surface area contributed by atoms with Crippen molar-refractivity contribution in [1.29, 1.82) is 0 Å². The lowest BCUT2D eigenvalue weighted by Crippen LogP contribution is -2.16. The Morgan fingerprint density at radius 1 is 1.29 bits per heavy atom. The molecule has 0 aromatic heterocycles. The molecule has 0 radical (unpaired) electrons. The summed E-state index contributed by atoms with van der Waals surface area (Å²) < 4.78 is 0. The Balaban J connectivity index is 2.99. The molecule has 1 aromatic rings. The van der Waals surface area contributed by atoms with Crippen LogP contribution in [0.5, 0.6) is 0 Å². The molecular weight excluding hydrogens is 174 g/mol. The highest BCUT2D eigenvalue weighted by Gasteiger charge is 2.17. The van der Waals surface area contributed by atoms with Crippen molar-refractivity contribution in [2.75, 3.05) is 0 Å². The zero-order chi connectivity index (χ0) is 10.8. The third kappa shape index (κ3) is 2.13. The first-order chi connectivity index (χ1) is 6.47. The Labute approximate surface area is 85.1 Å². The highest BCUT2D eigenvalue weighted by Crippen LogP contribution is 2.26. The molecule has 1 amide bonds. The van der Waals surface area contributed by atoms with Crippen LogP contribution in [0.3, 0.4) is 0 Å². The molecule has 0 bridgehead atoms. The van der Waals surface area contributed by atoms with Crippen LogP contribution in [0.2, 0.25) is 0 Å². The summed E-state index contributed by atoms with van der Waals surface area (Å²) in [6, 6.07) is 7.53. The molecule has 1 aromatic carbocycles. The van der Waals surface area contributed by atoms with E-state index in [9.17, 15) is 4.79 Å². The standard InChI is InChI=1S/C12H17NO/c1-4-12(2,3)10-7-5-9(6-8-10)11(13)14/h5-8H,4H2,1-3H3,(H2,13,14). The Morgan fingerprint density at radius 2 is 1.79 bits per heavy atom. The number of amides is 1. The van der Waals surface area contributed by atoms with Crippen LogP contribution in [-0.4, -0.2) is 5.91 Å². The van der Waals surface area contributed by atoms with Crippen LogP contribution in [0.25, 0.3) is 0 Å². The number of hydrogen-bond donors (Lipinski definition) is 1. The number of rotatable bonds is 3. The van der Waals surface area contributed by atoms with Crippen LogP contribution in [0.15, 0.2) is 24.3 Å². The highest BCUT2D eigenvalue weighted by atomic mass is 16.1. The van der Waals surface area contributed by atoms with E-state index < -0.39 is 0 Å². The second-order valence-corrected chi connectivity index (χ2v) is 4.18. The van der Waals surface area contributed by atoms with Crippen molar-refractivity contribution in [3.63, 3.8) is 0 Å². The summed E-state index contributed by atoms with van der Waals surface area (Å²) in [6.07, 6.45) is 1.07. The van der Waals surface area contributed by atoms with Crippen LogP contribution in [0.1, 0.15) is 43.1 Å². The van der Waals surface area contributed by atoms with Gasteiger partial charge in [0.05, 0.1) is 0 Å². The van der Waals surface area contributed by atoms with Crippen LogP contribution >= 0.6 is 0 Å². The van der Waals surface area contributed by atoms with Crippen molar-refractivity contribution in [2.45, 2.75) is 32.6 Å². The molecule has 0 heterocycles. The minimum atomic E-state index is -0.370. The molecule has 2 nitrogen and oxygen atoms in total. The molecule has 76 valence electrons. The van der Waals surface area contributed by atoms with E-state index in [1.54, 1.807) is 12.1 Å². The third-order valence-corrected chi connectivity index (χ3v) is 2.83. The van der Waals surface area contributed by atoms with Gasteiger partial charge in [-0.25, -0.2) is 0 Å². The maximum atomic E-state index is 10.9. The highest BCUT2D eigenvalue weighted by molar-refractivity contribution is 5.92. The molecule has 0 saturated heterocycles. The zero-order valence-electron chi connectivity index (χ0n) is 9.00. The van der Waals surface area contributed by atoms with Gasteiger partial charge >= 0.3 is 0 Å². The summed E-state index contributed by atoms with van der Waals surface area (Å²) in [5.74, 6) is -0.370. The average Bonchev–Trinajstić information content (AvgIpc) is 2.18. The fraction of sp³-hybridized carbons (Fsp3) is 0.417. The molecule has 0 aliphatic heterocycles. The monoisotopic (exact) mass is 191 g/mol. The Bertz CT molecular complexity index is 325. The average molecular weight is 191 g/mol. The van der Waals surface area contributed by atoms with Crippen LogP contribution in [0, 0.1) is 0 Å². The molecule has 1 rings (SSSR count). The first-order valence-electron chi connectivity index (χ1n) is 4.87. The van der Waals surface area contributed by atoms with E-state index in [2.05, 4.69) is 20.8 Å². The Hall–Kier alpha value is -1.31. The molecule has 0 fully saturated rings. The van der Waals surface area contributed by atoms with E-state index >= 15 is 0 Å². The molecule has 14 heavy (non-hydrogen) atoms. The van der Waals surface area contributed by atoms with E-state index in [0.29, 0.717) is 5.56 Å². The van der Waals surface area contributed by atoms with Gasteiger partial charge in [0.2, 0.25) is 5.91 Å². The smallest absolute Gasteiger partial charge is 0.248 e. The molecule has 0 unspecified atom stereocenters. The van der Waals surface area contributed by atoms with Crippen molar-refractivity contribution < 1.29 is 4.79 Å². The first-order valence-corrected chi connectivity index (χ1v) is 4.87. The lowest BCUT2D eigenvalue weighted by atomic mass is 9.82. The molecule has 2 heteroatoms. The van der Waals surface area contributed by atoms with Gasteiger partial charge in [-0.05, 0) is 29.5 Å². The minimum absolute atomic E-state index is 0.163. The maximum Gasteiger partial charge on any atom is 0.248 e. The fourth-order valence-electron chi connectivity index (χ4n) is 1.29. The van der Waals surface area contributed by atoms with Gasteiger partial charge in [-0.3, -0.25) is 4.79 Å². The van der Waals surface area contributed by atoms with Gasteiger partial charge in [0.1, 0.15) is 0 Å². The van der Waals surface area contributed by atoms with Crippen molar-refractivity contribution in [1.82, 2.24) is 0 Å². The van der Waals surface area contributed by atoms with E-state index in [1.807, 2.05) is 12.1 Å². The van der Waals surface area contributed by atoms with Crippen molar-refractivity contribution in [2.24, 2.45) is 5.73 Å². The van der Waals surface area contributed by atoms with Gasteiger partial charge in [-0.15, -0.1) is 0 Å². The summed E-state index contributed by atoms with van der Waals surface area (Å²) in [5, 5.41) is 0. The molecule has 2 N–H and O–H groups in total. The summed E-state index contributed by atoms with van der Waals surface area (Å²) >= 11 is 0. The molecule has 0 aliphatic carbocycles. The largest absolute Gasteiger partial charge is 0.366 e. The molecular formula is C12H17NO. The predicted molar refractivity (Wildman–Crippen MR) is 58.3 cm³/mol.